The smallest absolute Gasteiger partial charge is 0.336 e. The highest BCUT2D eigenvalue weighted by Gasteiger charge is 2.25. The maximum atomic E-state index is 12.2. The Morgan fingerprint density at radius 3 is 2.81 bits per heavy atom. The number of benzene rings is 2. The Hall–Kier alpha value is -4.06. The second-order valence-corrected chi connectivity index (χ2v) is 7.54. The molecular weight excluding hydrogens is 390 g/mol. The van der Waals surface area contributed by atoms with Gasteiger partial charge in [0, 0.05) is 12.4 Å². The van der Waals surface area contributed by atoms with Crippen LogP contribution in [0, 0.1) is 6.92 Å². The van der Waals surface area contributed by atoms with Gasteiger partial charge in [-0.15, -0.1) is 0 Å². The fourth-order valence-corrected chi connectivity index (χ4v) is 3.85. The largest absolute Gasteiger partial charge is 0.488 e. The molecule has 0 saturated carbocycles. The number of aromatic carboxylic acids is 1. The molecule has 0 spiro atoms. The molecule has 2 aromatic carbocycles. The summed E-state index contributed by atoms with van der Waals surface area (Å²) in [5.74, 6) is -0.502. The van der Waals surface area contributed by atoms with Gasteiger partial charge in [-0.1, -0.05) is 42.5 Å². The maximum Gasteiger partial charge on any atom is 0.336 e. The number of ether oxygens (including phenoxy) is 1. The van der Waals surface area contributed by atoms with Crippen LogP contribution in [0.4, 0.5) is 0 Å². The van der Waals surface area contributed by atoms with E-state index in [0.717, 1.165) is 16.8 Å². The topological polar surface area (TPSA) is 74.7 Å². The van der Waals surface area contributed by atoms with E-state index < -0.39 is 5.97 Å². The SMILES string of the molecule is Cc1ccc(OCc2ccccc2)c2c(C(=O)O)cc(C3=CN4C=CC=CC4N3)nc12. The van der Waals surface area contributed by atoms with Gasteiger partial charge in [-0.25, -0.2) is 9.78 Å². The van der Waals surface area contributed by atoms with Crippen molar-refractivity contribution in [3.63, 3.8) is 0 Å². The molecule has 0 saturated heterocycles. The zero-order valence-electron chi connectivity index (χ0n) is 16.9. The van der Waals surface area contributed by atoms with E-state index >= 15 is 0 Å². The van der Waals surface area contributed by atoms with E-state index in [9.17, 15) is 9.90 Å². The lowest BCUT2D eigenvalue weighted by Gasteiger charge is -2.20. The highest BCUT2D eigenvalue weighted by atomic mass is 16.5. The molecule has 31 heavy (non-hydrogen) atoms. The van der Waals surface area contributed by atoms with Gasteiger partial charge < -0.3 is 20.1 Å². The first kappa shape index (κ1) is 18.9. The normalized spacial score (nSPS) is 16.7. The molecule has 0 amide bonds. The van der Waals surface area contributed by atoms with Crippen LogP contribution >= 0.6 is 0 Å². The number of pyridine rings is 1. The van der Waals surface area contributed by atoms with Crippen LogP contribution in [0.3, 0.4) is 0 Å². The number of aromatic nitrogens is 1. The molecule has 1 aromatic heterocycles. The summed E-state index contributed by atoms with van der Waals surface area (Å²) in [5.41, 5.74) is 4.06. The molecule has 3 heterocycles. The number of aryl methyl sites for hydroxylation is 1. The minimum atomic E-state index is -1.01. The first-order valence-electron chi connectivity index (χ1n) is 10.1. The third-order valence-electron chi connectivity index (χ3n) is 5.43. The maximum absolute atomic E-state index is 12.2. The highest BCUT2D eigenvalue weighted by molar-refractivity contribution is 6.06. The van der Waals surface area contributed by atoms with E-state index in [1.807, 2.05) is 84.9 Å². The lowest BCUT2D eigenvalue weighted by molar-refractivity contribution is 0.0698. The molecule has 2 aliphatic rings. The number of fused-ring (bicyclic) bond motifs is 2. The number of allylic oxidation sites excluding steroid dienone is 2. The molecule has 3 aromatic rings. The van der Waals surface area contributed by atoms with Crippen LogP contribution in [0.25, 0.3) is 16.6 Å². The van der Waals surface area contributed by atoms with Gasteiger partial charge in [0.2, 0.25) is 0 Å². The van der Waals surface area contributed by atoms with Crippen molar-refractivity contribution >= 4 is 22.6 Å². The minimum Gasteiger partial charge on any atom is -0.488 e. The highest BCUT2D eigenvalue weighted by Crippen LogP contribution is 2.34. The number of hydrogen-bond donors (Lipinski definition) is 2. The summed E-state index contributed by atoms with van der Waals surface area (Å²) in [6, 6.07) is 15.1. The summed E-state index contributed by atoms with van der Waals surface area (Å²) in [4.78, 5) is 19.1. The van der Waals surface area contributed by atoms with Gasteiger partial charge in [0.05, 0.1) is 27.9 Å². The number of hydrogen-bond acceptors (Lipinski definition) is 5. The van der Waals surface area contributed by atoms with E-state index in [1.165, 1.54) is 0 Å². The molecule has 5 rings (SSSR count). The summed E-state index contributed by atoms with van der Waals surface area (Å²) >= 11 is 0. The van der Waals surface area contributed by atoms with Gasteiger partial charge in [-0.2, -0.15) is 0 Å². The second kappa shape index (κ2) is 7.65. The van der Waals surface area contributed by atoms with Crippen molar-refractivity contribution in [2.45, 2.75) is 19.7 Å². The van der Waals surface area contributed by atoms with Crippen molar-refractivity contribution in [3.05, 3.63) is 102 Å². The van der Waals surface area contributed by atoms with E-state index in [1.54, 1.807) is 6.07 Å². The first-order chi connectivity index (χ1) is 15.1. The molecule has 154 valence electrons. The van der Waals surface area contributed by atoms with E-state index in [4.69, 9.17) is 9.72 Å². The van der Waals surface area contributed by atoms with Crippen LogP contribution in [0.15, 0.2) is 79.2 Å². The van der Waals surface area contributed by atoms with Gasteiger partial charge in [0.25, 0.3) is 0 Å². The predicted octanol–water partition coefficient (Wildman–Crippen LogP) is 4.43. The fraction of sp³-hybridized carbons (Fsp3) is 0.120. The van der Waals surface area contributed by atoms with Gasteiger partial charge >= 0.3 is 5.97 Å². The number of carboxylic acids is 1. The van der Waals surface area contributed by atoms with Crippen LogP contribution < -0.4 is 10.1 Å². The molecular formula is C25H21N3O3. The Labute approximate surface area is 179 Å². The molecule has 0 fully saturated rings. The fourth-order valence-electron chi connectivity index (χ4n) is 3.85. The van der Waals surface area contributed by atoms with Crippen molar-refractivity contribution in [2.75, 3.05) is 0 Å². The van der Waals surface area contributed by atoms with Gasteiger partial charge in [-0.3, -0.25) is 0 Å². The Balaban J connectivity index is 1.58. The van der Waals surface area contributed by atoms with Crippen molar-refractivity contribution in [2.24, 2.45) is 0 Å². The molecule has 1 atom stereocenters. The number of nitrogens with zero attached hydrogens (tertiary/aromatic N) is 2. The summed E-state index contributed by atoms with van der Waals surface area (Å²) in [7, 11) is 0. The zero-order valence-corrected chi connectivity index (χ0v) is 16.9. The lowest BCUT2D eigenvalue weighted by Crippen LogP contribution is -2.31. The van der Waals surface area contributed by atoms with E-state index in [-0.39, 0.29) is 11.7 Å². The van der Waals surface area contributed by atoms with Gasteiger partial charge in [0.1, 0.15) is 18.5 Å². The Morgan fingerprint density at radius 2 is 2.03 bits per heavy atom. The number of carbonyl (C=O) groups is 1. The molecule has 1 unspecified atom stereocenters. The van der Waals surface area contributed by atoms with E-state index in [0.29, 0.717) is 29.0 Å². The summed E-state index contributed by atoms with van der Waals surface area (Å²) in [5, 5.41) is 13.9. The third kappa shape index (κ3) is 3.53. The summed E-state index contributed by atoms with van der Waals surface area (Å²) in [6.45, 7) is 2.28. The number of nitrogens with one attached hydrogen (secondary N) is 1. The van der Waals surface area contributed by atoms with Crippen molar-refractivity contribution in [3.8, 4) is 5.75 Å². The van der Waals surface area contributed by atoms with Crippen LogP contribution in [0.5, 0.6) is 5.75 Å². The van der Waals surface area contributed by atoms with Crippen molar-refractivity contribution in [1.82, 2.24) is 15.2 Å². The molecule has 6 nitrogen and oxygen atoms in total. The Kier molecular flexibility index (Phi) is 4.67. The predicted molar refractivity (Wildman–Crippen MR) is 119 cm³/mol. The van der Waals surface area contributed by atoms with E-state index in [2.05, 4.69) is 5.32 Å². The summed E-state index contributed by atoms with van der Waals surface area (Å²) in [6.07, 6.45) is 9.87. The van der Waals surface area contributed by atoms with Crippen LogP contribution in [-0.4, -0.2) is 27.1 Å². The second-order valence-electron chi connectivity index (χ2n) is 7.54. The molecule has 0 aliphatic carbocycles. The van der Waals surface area contributed by atoms with Gasteiger partial charge in [0.15, 0.2) is 0 Å². The third-order valence-corrected chi connectivity index (χ3v) is 5.43. The van der Waals surface area contributed by atoms with Gasteiger partial charge in [-0.05, 0) is 42.3 Å². The molecule has 2 aliphatic heterocycles. The average molecular weight is 411 g/mol. The Morgan fingerprint density at radius 1 is 1.19 bits per heavy atom. The average Bonchev–Trinajstić information content (AvgIpc) is 3.23. The quantitative estimate of drug-likeness (QED) is 0.647. The Bertz CT molecular complexity index is 1260. The minimum absolute atomic E-state index is 0.00686. The lowest BCUT2D eigenvalue weighted by atomic mass is 10.0. The molecule has 0 bridgehead atoms. The standard InChI is InChI=1S/C25H21N3O3/c1-16-10-11-21(31-15-17-7-3-2-4-8-17)23-18(25(29)30)13-19(27-24(16)23)20-14-28-12-6-5-9-22(28)26-20/h2-14,22,26H,15H2,1H3,(H,29,30). The number of carboxylic acid groups (broad SMARTS) is 1. The molecule has 0 radical (unpaired) electrons. The monoisotopic (exact) mass is 411 g/mol. The first-order valence-corrected chi connectivity index (χ1v) is 10.1. The van der Waals surface area contributed by atoms with Crippen molar-refractivity contribution in [1.29, 1.82) is 0 Å². The van der Waals surface area contributed by atoms with Crippen LogP contribution in [0.1, 0.15) is 27.2 Å². The number of rotatable bonds is 5. The van der Waals surface area contributed by atoms with Crippen molar-refractivity contribution < 1.29 is 14.6 Å². The zero-order chi connectivity index (χ0) is 21.4. The van der Waals surface area contributed by atoms with Crippen LogP contribution in [0.2, 0.25) is 0 Å². The molecule has 6 heteroatoms. The summed E-state index contributed by atoms with van der Waals surface area (Å²) < 4.78 is 6.03. The van der Waals surface area contributed by atoms with Crippen LogP contribution in [-0.2, 0) is 6.61 Å². The molecule has 2 N–H and O–H groups in total.